The first-order valence-corrected chi connectivity index (χ1v) is 5.38. The number of nitrogens with two attached hydrogens (primary N) is 1. The average molecular weight is 245 g/mol. The monoisotopic (exact) mass is 245 g/mol. The smallest absolute Gasteiger partial charge is 0.322 e. The van der Waals surface area contributed by atoms with Crippen molar-refractivity contribution in [3.05, 3.63) is 17.0 Å². The number of thiophene rings is 1. The number of nitrogens with one attached hydrogen (secondary N) is 2. The Morgan fingerprint density at radius 2 is 2.33 bits per heavy atom. The number of hydrogen-bond acceptors (Lipinski definition) is 4. The molecule has 0 aliphatic heterocycles. The van der Waals surface area contributed by atoms with E-state index in [0.29, 0.717) is 6.54 Å². The molecule has 0 fully saturated rings. The second-order valence-corrected chi connectivity index (χ2v) is 4.34. The summed E-state index contributed by atoms with van der Waals surface area (Å²) >= 11 is 6.13. The first-order chi connectivity index (χ1) is 7.08. The van der Waals surface area contributed by atoms with E-state index in [2.05, 4.69) is 22.9 Å². The first-order valence-electron chi connectivity index (χ1n) is 4.15. The van der Waals surface area contributed by atoms with Gasteiger partial charge in [-0.2, -0.15) is 0 Å². The van der Waals surface area contributed by atoms with Gasteiger partial charge in [-0.1, -0.05) is 0 Å². The topological polar surface area (TPSA) is 87.4 Å². The molecular weight excluding hydrogens is 234 g/mol. The van der Waals surface area contributed by atoms with Gasteiger partial charge in [-0.05, 0) is 24.4 Å². The van der Waals surface area contributed by atoms with E-state index >= 15 is 0 Å². The molecule has 1 rings (SSSR count). The van der Waals surface area contributed by atoms with Crippen LogP contribution in [0.25, 0.3) is 0 Å². The fourth-order valence-electron chi connectivity index (χ4n) is 0.905. The average Bonchev–Trinajstić information content (AvgIpc) is 2.59. The molecule has 5 nitrogen and oxygen atoms in total. The van der Waals surface area contributed by atoms with Gasteiger partial charge in [0.25, 0.3) is 0 Å². The number of thiocarbonyl (C=S) groups is 1. The van der Waals surface area contributed by atoms with E-state index in [-0.39, 0.29) is 11.7 Å². The van der Waals surface area contributed by atoms with Gasteiger partial charge in [0.2, 0.25) is 0 Å². The van der Waals surface area contributed by atoms with Crippen LogP contribution in [0.5, 0.6) is 0 Å². The quantitative estimate of drug-likeness (QED) is 0.568. The van der Waals surface area contributed by atoms with Gasteiger partial charge in [0.15, 0.2) is 5.11 Å². The van der Waals surface area contributed by atoms with Crippen LogP contribution in [-0.2, 0) is 11.3 Å². The van der Waals surface area contributed by atoms with Gasteiger partial charge in [0.05, 0.1) is 11.5 Å². The van der Waals surface area contributed by atoms with Crippen molar-refractivity contribution in [1.82, 2.24) is 5.32 Å². The molecule has 0 amide bonds. The number of aliphatic carboxylic acids is 1. The Kier molecular flexibility index (Phi) is 4.32. The zero-order valence-electron chi connectivity index (χ0n) is 7.82. The minimum atomic E-state index is -0.883. The van der Waals surface area contributed by atoms with E-state index in [1.807, 2.05) is 12.1 Å². The van der Waals surface area contributed by atoms with Crippen LogP contribution in [0, 0.1) is 0 Å². The predicted molar refractivity (Wildman–Crippen MR) is 64.1 cm³/mol. The Bertz CT molecular complexity index is 332. The summed E-state index contributed by atoms with van der Waals surface area (Å²) in [7, 11) is 0. The van der Waals surface area contributed by atoms with Crippen molar-refractivity contribution in [2.45, 2.75) is 6.54 Å². The minimum Gasteiger partial charge on any atom is -0.480 e. The largest absolute Gasteiger partial charge is 0.480 e. The summed E-state index contributed by atoms with van der Waals surface area (Å²) in [5.74, 6) is -0.883. The third kappa shape index (κ3) is 4.61. The Balaban J connectivity index is 2.41. The van der Waals surface area contributed by atoms with Crippen molar-refractivity contribution in [2.75, 3.05) is 11.9 Å². The molecule has 0 aliphatic rings. The summed E-state index contributed by atoms with van der Waals surface area (Å²) in [6.07, 6.45) is 0. The SMILES string of the molecule is NC(=S)NCc1ccc(NCC(=O)O)s1. The number of hydrogen-bond donors (Lipinski definition) is 4. The maximum Gasteiger partial charge on any atom is 0.322 e. The normalized spacial score (nSPS) is 9.60. The van der Waals surface area contributed by atoms with Gasteiger partial charge >= 0.3 is 5.97 Å². The van der Waals surface area contributed by atoms with E-state index < -0.39 is 5.97 Å². The van der Waals surface area contributed by atoms with Crippen molar-refractivity contribution in [2.24, 2.45) is 5.73 Å². The van der Waals surface area contributed by atoms with Crippen LogP contribution in [0.2, 0.25) is 0 Å². The van der Waals surface area contributed by atoms with Crippen LogP contribution in [0.3, 0.4) is 0 Å². The highest BCUT2D eigenvalue weighted by molar-refractivity contribution is 7.80. The molecule has 0 aromatic carbocycles. The molecule has 0 unspecified atom stereocenters. The maximum atomic E-state index is 10.3. The number of carboxylic acid groups (broad SMARTS) is 1. The van der Waals surface area contributed by atoms with Crippen LogP contribution in [0.4, 0.5) is 5.00 Å². The zero-order chi connectivity index (χ0) is 11.3. The lowest BCUT2D eigenvalue weighted by Crippen LogP contribution is -2.27. The molecule has 1 aromatic rings. The van der Waals surface area contributed by atoms with Crippen molar-refractivity contribution >= 4 is 39.6 Å². The Labute approximate surface area is 96.3 Å². The van der Waals surface area contributed by atoms with E-state index in [1.165, 1.54) is 11.3 Å². The molecule has 0 atom stereocenters. The van der Waals surface area contributed by atoms with Crippen molar-refractivity contribution in [1.29, 1.82) is 0 Å². The minimum absolute atomic E-state index is 0.0807. The summed E-state index contributed by atoms with van der Waals surface area (Å²) in [4.78, 5) is 11.3. The summed E-state index contributed by atoms with van der Waals surface area (Å²) in [5, 5.41) is 15.1. The van der Waals surface area contributed by atoms with Gasteiger partial charge in [-0.15, -0.1) is 11.3 Å². The van der Waals surface area contributed by atoms with E-state index in [4.69, 9.17) is 10.8 Å². The Hall–Kier alpha value is -1.34. The molecule has 1 aromatic heterocycles. The molecule has 82 valence electrons. The number of carboxylic acids is 1. The molecule has 7 heteroatoms. The highest BCUT2D eigenvalue weighted by Gasteiger charge is 2.01. The molecule has 0 spiro atoms. The number of anilines is 1. The van der Waals surface area contributed by atoms with Crippen LogP contribution in [0.1, 0.15) is 4.88 Å². The Morgan fingerprint density at radius 3 is 2.93 bits per heavy atom. The molecule has 15 heavy (non-hydrogen) atoms. The van der Waals surface area contributed by atoms with E-state index in [1.54, 1.807) is 0 Å². The summed E-state index contributed by atoms with van der Waals surface area (Å²) < 4.78 is 0. The van der Waals surface area contributed by atoms with Gasteiger partial charge < -0.3 is 21.5 Å². The molecule has 0 aliphatic carbocycles. The molecular formula is C8H11N3O2S2. The molecule has 0 bridgehead atoms. The third-order valence-corrected chi connectivity index (χ3v) is 2.70. The molecule has 5 N–H and O–H groups in total. The first kappa shape index (κ1) is 11.7. The predicted octanol–water partition coefficient (Wildman–Crippen LogP) is 0.578. The van der Waals surface area contributed by atoms with Crippen LogP contribution < -0.4 is 16.4 Å². The summed E-state index contributed by atoms with van der Waals surface area (Å²) in [5.41, 5.74) is 5.28. The molecule has 1 heterocycles. The van der Waals surface area contributed by atoms with Gasteiger partial charge in [-0.25, -0.2) is 0 Å². The number of rotatable bonds is 5. The highest BCUT2D eigenvalue weighted by atomic mass is 32.1. The maximum absolute atomic E-state index is 10.3. The zero-order valence-corrected chi connectivity index (χ0v) is 9.45. The van der Waals surface area contributed by atoms with Crippen molar-refractivity contribution in [3.8, 4) is 0 Å². The van der Waals surface area contributed by atoms with Gasteiger partial charge in [-0.3, -0.25) is 4.79 Å². The lowest BCUT2D eigenvalue weighted by atomic mass is 10.4. The highest BCUT2D eigenvalue weighted by Crippen LogP contribution is 2.21. The van der Waals surface area contributed by atoms with Crippen LogP contribution in [-0.4, -0.2) is 22.7 Å². The summed E-state index contributed by atoms with van der Waals surface area (Å²) in [6, 6.07) is 3.71. The van der Waals surface area contributed by atoms with Gasteiger partial charge in [0.1, 0.15) is 6.54 Å². The van der Waals surface area contributed by atoms with E-state index in [9.17, 15) is 4.79 Å². The standard InChI is InChI=1S/C8H11N3O2S2/c9-8(14)11-3-5-1-2-6(15-5)10-4-7(12)13/h1-2,10H,3-4H2,(H,12,13)(H3,9,11,14). The Morgan fingerprint density at radius 1 is 1.60 bits per heavy atom. The van der Waals surface area contributed by atoms with Crippen molar-refractivity contribution < 1.29 is 9.90 Å². The molecule has 0 radical (unpaired) electrons. The lowest BCUT2D eigenvalue weighted by molar-refractivity contribution is -0.134. The molecule has 0 saturated carbocycles. The van der Waals surface area contributed by atoms with E-state index in [0.717, 1.165) is 9.88 Å². The second kappa shape index (κ2) is 5.52. The molecule has 0 saturated heterocycles. The second-order valence-electron chi connectivity index (χ2n) is 2.73. The van der Waals surface area contributed by atoms with Crippen LogP contribution >= 0.6 is 23.6 Å². The fraction of sp³-hybridized carbons (Fsp3) is 0.250. The summed E-state index contributed by atoms with van der Waals surface area (Å²) in [6.45, 7) is 0.484. The third-order valence-electron chi connectivity index (χ3n) is 1.51. The fourth-order valence-corrected chi connectivity index (χ4v) is 1.82. The van der Waals surface area contributed by atoms with Crippen molar-refractivity contribution in [3.63, 3.8) is 0 Å². The van der Waals surface area contributed by atoms with Gasteiger partial charge in [0, 0.05) is 4.88 Å². The lowest BCUT2D eigenvalue weighted by Gasteiger charge is -2.00. The number of carbonyl (C=O) groups is 1. The van der Waals surface area contributed by atoms with Crippen LogP contribution in [0.15, 0.2) is 12.1 Å².